The number of anilines is 1. The van der Waals surface area contributed by atoms with E-state index in [1.54, 1.807) is 23.0 Å². The van der Waals surface area contributed by atoms with Crippen LogP contribution in [0.3, 0.4) is 0 Å². The highest BCUT2D eigenvalue weighted by atomic mass is 35.5. The molecule has 3 aliphatic rings. The Labute approximate surface area is 422 Å². The quantitative estimate of drug-likeness (QED) is 0.0668. The Morgan fingerprint density at radius 2 is 1.72 bits per heavy atom. The molecule has 71 heavy (non-hydrogen) atoms. The van der Waals surface area contributed by atoms with Crippen molar-refractivity contribution in [1.29, 1.82) is 5.26 Å². The number of allylic oxidation sites excluding steroid dienone is 1. The van der Waals surface area contributed by atoms with Crippen LogP contribution in [0.2, 0.25) is 30.7 Å². The molecule has 3 heterocycles. The molecular formula is C53H65ClFN7O7SSi. The molecule has 0 unspecified atom stereocenters. The second kappa shape index (κ2) is 21.4. The molecular weight excluding hydrogens is 961 g/mol. The fourth-order valence-corrected chi connectivity index (χ4v) is 11.3. The Balaban J connectivity index is 1.03. The third-order valence-electron chi connectivity index (χ3n) is 14.0. The van der Waals surface area contributed by atoms with Crippen molar-refractivity contribution in [1.82, 2.24) is 24.4 Å². The van der Waals surface area contributed by atoms with E-state index in [0.29, 0.717) is 48.5 Å². The van der Waals surface area contributed by atoms with Crippen LogP contribution < -0.4 is 19.1 Å². The van der Waals surface area contributed by atoms with Gasteiger partial charge < -0.3 is 24.2 Å². The second-order valence-corrected chi connectivity index (χ2v) is 29.4. The van der Waals surface area contributed by atoms with Crippen LogP contribution in [-0.4, -0.2) is 98.7 Å². The number of hydrogen-bond acceptors (Lipinski definition) is 12. The molecule has 1 saturated heterocycles. The number of nitriles is 1. The molecule has 2 N–H and O–H groups in total. The van der Waals surface area contributed by atoms with E-state index in [0.717, 1.165) is 75.7 Å². The van der Waals surface area contributed by atoms with Gasteiger partial charge in [0.2, 0.25) is 5.88 Å². The lowest BCUT2D eigenvalue weighted by Gasteiger charge is -2.39. The van der Waals surface area contributed by atoms with Gasteiger partial charge in [0.1, 0.15) is 40.6 Å². The van der Waals surface area contributed by atoms with Gasteiger partial charge in [0, 0.05) is 76.3 Å². The predicted molar refractivity (Wildman–Crippen MR) is 277 cm³/mol. The number of aliphatic hydroxyl groups is 1. The number of sulfonamides is 1. The average Bonchev–Trinajstić information content (AvgIpc) is 3.73. The number of nitrogens with zero attached hydrogens (tertiary/aromatic N) is 6. The lowest BCUT2D eigenvalue weighted by Crippen LogP contribution is -2.47. The summed E-state index contributed by atoms with van der Waals surface area (Å²) in [6.07, 6.45) is 8.44. The largest absolute Gasteiger partial charge is 0.476 e. The number of halogens is 2. The molecule has 1 saturated carbocycles. The molecule has 2 aromatic heterocycles. The van der Waals surface area contributed by atoms with E-state index in [2.05, 4.69) is 70.2 Å². The average molecular weight is 1030 g/mol. The molecule has 18 heteroatoms. The number of fused-ring (bicyclic) bond motifs is 1. The first-order valence-electron chi connectivity index (χ1n) is 24.5. The number of aromatic nitrogens is 3. The zero-order chi connectivity index (χ0) is 50.7. The third kappa shape index (κ3) is 13.2. The number of carbonyl (C=O) groups excluding carboxylic acids is 1. The number of ether oxygens (including phenoxy) is 3. The van der Waals surface area contributed by atoms with Gasteiger partial charge in [-0.1, -0.05) is 62.8 Å². The van der Waals surface area contributed by atoms with Gasteiger partial charge in [-0.25, -0.2) is 27.2 Å². The third-order valence-corrected chi connectivity index (χ3v) is 17.2. The van der Waals surface area contributed by atoms with Gasteiger partial charge >= 0.3 is 0 Å². The van der Waals surface area contributed by atoms with Gasteiger partial charge in [-0.05, 0) is 111 Å². The standard InChI is InChI=1S/C53H65ClFN7O7SSi/c1-52(2)16-15-38(45(29-52)37-7-9-40(54)10-8-37)33-60-19-21-61(22-20-60)42-11-12-44(49(28-42)69-48-27-41(55)26-47-46(48)32-58-62(47)35-67-23-24-71(4,5)6)50(63)59-70(65,66)43-25-39(30-56)51(57-31-43)68-34-36-13-17-53(3,64)18-14-36/h7-12,25-28,31-32,36,64H,13-24,29,33-35H2,1-6H3,(H,59,63)/t36-,53+. The van der Waals surface area contributed by atoms with Gasteiger partial charge in [-0.3, -0.25) is 9.69 Å². The summed E-state index contributed by atoms with van der Waals surface area (Å²) in [5, 5.41) is 26.0. The van der Waals surface area contributed by atoms with Gasteiger partial charge in [0.05, 0.1) is 41.1 Å². The van der Waals surface area contributed by atoms with Crippen LogP contribution >= 0.6 is 11.6 Å². The number of rotatable bonds is 17. The Morgan fingerprint density at radius 1 is 0.986 bits per heavy atom. The van der Waals surface area contributed by atoms with E-state index < -0.39 is 40.3 Å². The summed E-state index contributed by atoms with van der Waals surface area (Å²) in [7, 11) is -5.95. The zero-order valence-corrected chi connectivity index (χ0v) is 44.1. The Hall–Kier alpha value is -5.35. The first-order chi connectivity index (χ1) is 33.6. The smallest absolute Gasteiger partial charge is 0.268 e. The lowest BCUT2D eigenvalue weighted by atomic mass is 9.72. The van der Waals surface area contributed by atoms with Crippen LogP contribution in [0.15, 0.2) is 83.5 Å². The van der Waals surface area contributed by atoms with Crippen molar-refractivity contribution in [2.24, 2.45) is 11.3 Å². The highest BCUT2D eigenvalue weighted by Gasteiger charge is 2.32. The van der Waals surface area contributed by atoms with Crippen molar-refractivity contribution in [3.8, 4) is 23.4 Å². The van der Waals surface area contributed by atoms with E-state index in [9.17, 15) is 23.6 Å². The maximum absolute atomic E-state index is 15.5. The number of nitrogens with one attached hydrogen (secondary N) is 1. The number of carbonyl (C=O) groups is 1. The van der Waals surface area contributed by atoms with Crippen molar-refractivity contribution in [3.63, 3.8) is 0 Å². The van der Waals surface area contributed by atoms with Crippen molar-refractivity contribution in [2.75, 3.05) is 50.8 Å². The number of pyridine rings is 1. The zero-order valence-electron chi connectivity index (χ0n) is 41.6. The Morgan fingerprint density at radius 3 is 2.42 bits per heavy atom. The van der Waals surface area contributed by atoms with Gasteiger partial charge in [-0.15, -0.1) is 0 Å². The highest BCUT2D eigenvalue weighted by molar-refractivity contribution is 7.90. The van der Waals surface area contributed by atoms with Crippen molar-refractivity contribution >= 4 is 57.8 Å². The predicted octanol–water partition coefficient (Wildman–Crippen LogP) is 10.4. The van der Waals surface area contributed by atoms with E-state index in [4.69, 9.17) is 25.8 Å². The maximum Gasteiger partial charge on any atom is 0.268 e. The summed E-state index contributed by atoms with van der Waals surface area (Å²) in [5.74, 6) is -1.43. The van der Waals surface area contributed by atoms with Crippen molar-refractivity contribution < 1.29 is 36.9 Å². The minimum atomic E-state index is -4.60. The molecule has 5 aromatic rings. The molecule has 14 nitrogen and oxygen atoms in total. The van der Waals surface area contributed by atoms with Crippen LogP contribution in [0.1, 0.15) is 87.2 Å². The van der Waals surface area contributed by atoms with Crippen LogP contribution in [0, 0.1) is 28.5 Å². The maximum atomic E-state index is 15.5. The highest BCUT2D eigenvalue weighted by Crippen LogP contribution is 2.44. The monoisotopic (exact) mass is 1030 g/mol. The Bertz CT molecular complexity index is 2930. The summed E-state index contributed by atoms with van der Waals surface area (Å²) < 4.78 is 65.2. The van der Waals surface area contributed by atoms with E-state index in [1.165, 1.54) is 34.9 Å². The van der Waals surface area contributed by atoms with Crippen LogP contribution in [0.4, 0.5) is 10.1 Å². The molecule has 2 fully saturated rings. The fraction of sp³-hybridized carbons (Fsp3) is 0.472. The van der Waals surface area contributed by atoms with E-state index in [-0.39, 0.29) is 53.2 Å². The normalized spacial score (nSPS) is 19.9. The fourth-order valence-electron chi connectivity index (χ4n) is 9.50. The molecule has 0 radical (unpaired) electrons. The number of piperazine rings is 1. The molecule has 1 aliphatic heterocycles. The molecule has 3 aromatic carbocycles. The van der Waals surface area contributed by atoms with E-state index in [1.807, 2.05) is 25.1 Å². The number of benzene rings is 3. The van der Waals surface area contributed by atoms with E-state index >= 15 is 4.39 Å². The van der Waals surface area contributed by atoms with Crippen molar-refractivity contribution in [3.05, 3.63) is 106 Å². The first-order valence-corrected chi connectivity index (χ1v) is 30.0. The molecule has 2 aliphatic carbocycles. The number of hydrogen-bond donors (Lipinski definition) is 2. The van der Waals surface area contributed by atoms with Gasteiger partial charge in [0.15, 0.2) is 0 Å². The van der Waals surface area contributed by atoms with Crippen LogP contribution in [-0.2, 0) is 21.5 Å². The SMILES string of the molecule is CC1(C)CCC(CN2CCN(c3ccc(C(=O)NS(=O)(=O)c4cnc(OC[C@H]5CC[C@@](C)(O)CC5)c(C#N)c4)c(Oc4cc(F)cc5c4cnn5COCC[Si](C)(C)C)c3)CC2)=C(c2ccc(Cl)cc2)C1. The van der Waals surface area contributed by atoms with Crippen LogP contribution in [0.5, 0.6) is 17.4 Å². The molecule has 8 rings (SSSR count). The summed E-state index contributed by atoms with van der Waals surface area (Å²) in [5.41, 5.74) is 4.43. The minimum Gasteiger partial charge on any atom is -0.476 e. The lowest BCUT2D eigenvalue weighted by molar-refractivity contribution is 0.00125. The molecule has 1 amide bonds. The molecule has 0 spiro atoms. The summed E-state index contributed by atoms with van der Waals surface area (Å²) in [6.45, 7) is 17.9. The summed E-state index contributed by atoms with van der Waals surface area (Å²) in [4.78, 5) is 22.6. The summed E-state index contributed by atoms with van der Waals surface area (Å²) >= 11 is 6.27. The molecule has 0 bridgehead atoms. The topological polar surface area (TPSA) is 172 Å². The van der Waals surface area contributed by atoms with Gasteiger partial charge in [-0.2, -0.15) is 10.4 Å². The molecule has 0 atom stereocenters. The minimum absolute atomic E-state index is 0.00457. The Kier molecular flexibility index (Phi) is 15.7. The van der Waals surface area contributed by atoms with Crippen molar-refractivity contribution in [2.45, 2.75) is 109 Å². The number of amides is 1. The first kappa shape index (κ1) is 52.0. The van der Waals surface area contributed by atoms with Gasteiger partial charge in [0.25, 0.3) is 15.9 Å². The second-order valence-electron chi connectivity index (χ2n) is 21.6. The van der Waals surface area contributed by atoms with Crippen LogP contribution in [0.25, 0.3) is 16.5 Å². The molecule has 378 valence electrons. The summed E-state index contributed by atoms with van der Waals surface area (Å²) in [6, 6.07) is 19.6.